The molecule has 0 saturated carbocycles. The molecule has 0 aliphatic rings. The highest BCUT2D eigenvalue weighted by Gasteiger charge is 1.96. The zero-order chi connectivity index (χ0) is 21.8. The van der Waals surface area contributed by atoms with Gasteiger partial charge in [0.2, 0.25) is 0 Å². The Balaban J connectivity index is 2.97. The van der Waals surface area contributed by atoms with Gasteiger partial charge in [0.15, 0.2) is 0 Å². The Kier molecular flexibility index (Phi) is 28.8. The van der Waals surface area contributed by atoms with Gasteiger partial charge in [-0.1, -0.05) is 155 Å². The molecular weight excluding hydrogens is 368 g/mol. The normalized spacial score (nSPS) is 11.4. The summed E-state index contributed by atoms with van der Waals surface area (Å²) in [4.78, 5) is 10.6. The standard InChI is InChI=1S/C28H58O2/c1-3-5-7-9-11-13-15-16-17-18-20-22-24-26-28-30-29-27-25-23-21-19-14-12-10-8-6-4-2/h3-28H2,1-2H3. The highest BCUT2D eigenvalue weighted by molar-refractivity contribution is 4.49. The Morgan fingerprint density at radius 1 is 0.267 bits per heavy atom. The van der Waals surface area contributed by atoms with Crippen LogP contribution in [0.2, 0.25) is 0 Å². The zero-order valence-electron chi connectivity index (χ0n) is 21.2. The Hall–Kier alpha value is -0.0800. The Labute approximate surface area is 191 Å². The van der Waals surface area contributed by atoms with Crippen molar-refractivity contribution in [2.24, 2.45) is 0 Å². The van der Waals surface area contributed by atoms with Crippen LogP contribution in [0.1, 0.15) is 168 Å². The summed E-state index contributed by atoms with van der Waals surface area (Å²) in [5.41, 5.74) is 0. The number of hydrogen-bond donors (Lipinski definition) is 0. The van der Waals surface area contributed by atoms with Crippen LogP contribution in [0.4, 0.5) is 0 Å². The van der Waals surface area contributed by atoms with Crippen molar-refractivity contribution in [3.63, 3.8) is 0 Å². The topological polar surface area (TPSA) is 18.5 Å². The van der Waals surface area contributed by atoms with E-state index in [0.29, 0.717) is 0 Å². The van der Waals surface area contributed by atoms with E-state index in [1.165, 1.54) is 141 Å². The average molecular weight is 427 g/mol. The maximum absolute atomic E-state index is 5.32. The smallest absolute Gasteiger partial charge is 0.0822 e. The maximum atomic E-state index is 5.32. The van der Waals surface area contributed by atoms with Gasteiger partial charge in [0.1, 0.15) is 0 Å². The predicted octanol–water partition coefficient (Wildman–Crippen LogP) is 10.3. The molecule has 2 heteroatoms. The van der Waals surface area contributed by atoms with Crippen molar-refractivity contribution in [2.45, 2.75) is 168 Å². The minimum absolute atomic E-state index is 0.773. The van der Waals surface area contributed by atoms with Crippen LogP contribution >= 0.6 is 0 Å². The number of hydrogen-bond acceptors (Lipinski definition) is 2. The molecule has 0 aromatic carbocycles. The third-order valence-electron chi connectivity index (χ3n) is 6.25. The molecule has 0 aliphatic carbocycles. The monoisotopic (exact) mass is 426 g/mol. The first-order chi connectivity index (χ1) is 14.9. The first-order valence-electron chi connectivity index (χ1n) is 14.2. The third-order valence-corrected chi connectivity index (χ3v) is 6.25. The molecule has 0 heterocycles. The Bertz CT molecular complexity index is 252. The van der Waals surface area contributed by atoms with Gasteiger partial charge in [-0.15, -0.1) is 0 Å². The van der Waals surface area contributed by atoms with E-state index in [1.54, 1.807) is 0 Å². The largest absolute Gasteiger partial charge is 0.237 e. The summed E-state index contributed by atoms with van der Waals surface area (Å²) < 4.78 is 0. The molecule has 0 unspecified atom stereocenters. The van der Waals surface area contributed by atoms with E-state index in [9.17, 15) is 0 Å². The van der Waals surface area contributed by atoms with Gasteiger partial charge in [0.25, 0.3) is 0 Å². The Morgan fingerprint density at radius 3 is 0.700 bits per heavy atom. The second-order valence-corrected chi connectivity index (χ2v) is 9.42. The van der Waals surface area contributed by atoms with Crippen LogP contribution in [-0.2, 0) is 9.78 Å². The van der Waals surface area contributed by atoms with Crippen molar-refractivity contribution in [3.8, 4) is 0 Å². The molecule has 0 aromatic rings. The molecule has 0 fully saturated rings. The molecular formula is C28H58O2. The van der Waals surface area contributed by atoms with E-state index in [-0.39, 0.29) is 0 Å². The first-order valence-corrected chi connectivity index (χ1v) is 14.2. The lowest BCUT2D eigenvalue weighted by atomic mass is 10.0. The summed E-state index contributed by atoms with van der Waals surface area (Å²) in [5.74, 6) is 0. The van der Waals surface area contributed by atoms with Crippen LogP contribution in [0.5, 0.6) is 0 Å². The van der Waals surface area contributed by atoms with Gasteiger partial charge in [-0.2, -0.15) is 0 Å². The molecule has 0 aliphatic heterocycles. The van der Waals surface area contributed by atoms with Crippen molar-refractivity contribution in [1.82, 2.24) is 0 Å². The lowest BCUT2D eigenvalue weighted by Gasteiger charge is -2.05. The van der Waals surface area contributed by atoms with Crippen LogP contribution in [0.3, 0.4) is 0 Å². The molecule has 0 aromatic heterocycles. The van der Waals surface area contributed by atoms with E-state index in [0.717, 1.165) is 26.1 Å². The summed E-state index contributed by atoms with van der Waals surface area (Å²) in [6.45, 7) is 6.12. The summed E-state index contributed by atoms with van der Waals surface area (Å²) in [5, 5.41) is 0. The summed E-state index contributed by atoms with van der Waals surface area (Å²) in [7, 11) is 0. The maximum Gasteiger partial charge on any atom is 0.0822 e. The van der Waals surface area contributed by atoms with Crippen molar-refractivity contribution < 1.29 is 9.78 Å². The van der Waals surface area contributed by atoms with Gasteiger partial charge in [-0.3, -0.25) is 0 Å². The second kappa shape index (κ2) is 28.9. The predicted molar refractivity (Wildman–Crippen MR) is 134 cm³/mol. The minimum atomic E-state index is 0.773. The van der Waals surface area contributed by atoms with Crippen LogP contribution in [0.25, 0.3) is 0 Å². The van der Waals surface area contributed by atoms with E-state index >= 15 is 0 Å². The van der Waals surface area contributed by atoms with E-state index < -0.39 is 0 Å². The molecule has 30 heavy (non-hydrogen) atoms. The molecule has 0 spiro atoms. The SMILES string of the molecule is CCCCCCCCCCCCCCCCOOCCCCCCCCCCCC. The van der Waals surface area contributed by atoms with Crippen LogP contribution in [0, 0.1) is 0 Å². The minimum Gasteiger partial charge on any atom is -0.237 e. The van der Waals surface area contributed by atoms with E-state index in [1.807, 2.05) is 0 Å². The molecule has 0 N–H and O–H groups in total. The van der Waals surface area contributed by atoms with E-state index in [2.05, 4.69) is 13.8 Å². The highest BCUT2D eigenvalue weighted by atomic mass is 17.2. The summed E-state index contributed by atoms with van der Waals surface area (Å²) in [6.07, 6.45) is 33.2. The fraction of sp³-hybridized carbons (Fsp3) is 1.00. The molecule has 0 atom stereocenters. The summed E-state index contributed by atoms with van der Waals surface area (Å²) in [6, 6.07) is 0. The zero-order valence-corrected chi connectivity index (χ0v) is 21.2. The van der Waals surface area contributed by atoms with Crippen molar-refractivity contribution in [2.75, 3.05) is 13.2 Å². The molecule has 182 valence electrons. The quantitative estimate of drug-likeness (QED) is 0.0738. The Morgan fingerprint density at radius 2 is 0.467 bits per heavy atom. The molecule has 0 radical (unpaired) electrons. The van der Waals surface area contributed by atoms with Crippen molar-refractivity contribution >= 4 is 0 Å². The fourth-order valence-electron chi connectivity index (χ4n) is 4.12. The van der Waals surface area contributed by atoms with Crippen molar-refractivity contribution in [1.29, 1.82) is 0 Å². The second-order valence-electron chi connectivity index (χ2n) is 9.42. The number of rotatable bonds is 27. The van der Waals surface area contributed by atoms with Gasteiger partial charge < -0.3 is 0 Å². The lowest BCUT2D eigenvalue weighted by molar-refractivity contribution is -0.295. The first kappa shape index (κ1) is 29.9. The van der Waals surface area contributed by atoms with Gasteiger partial charge >= 0.3 is 0 Å². The van der Waals surface area contributed by atoms with Gasteiger partial charge in [0, 0.05) is 0 Å². The van der Waals surface area contributed by atoms with Crippen molar-refractivity contribution in [3.05, 3.63) is 0 Å². The van der Waals surface area contributed by atoms with E-state index in [4.69, 9.17) is 9.78 Å². The van der Waals surface area contributed by atoms with Gasteiger partial charge in [-0.05, 0) is 12.8 Å². The van der Waals surface area contributed by atoms with Crippen LogP contribution in [0.15, 0.2) is 0 Å². The molecule has 2 nitrogen and oxygen atoms in total. The lowest BCUT2D eigenvalue weighted by Crippen LogP contribution is -1.99. The molecule has 0 rings (SSSR count). The molecule has 0 bridgehead atoms. The average Bonchev–Trinajstić information content (AvgIpc) is 2.76. The molecule has 0 saturated heterocycles. The van der Waals surface area contributed by atoms with Gasteiger partial charge in [-0.25, -0.2) is 9.78 Å². The third kappa shape index (κ3) is 27.9. The van der Waals surface area contributed by atoms with Crippen LogP contribution < -0.4 is 0 Å². The fourth-order valence-corrected chi connectivity index (χ4v) is 4.12. The number of unbranched alkanes of at least 4 members (excludes halogenated alkanes) is 22. The highest BCUT2D eigenvalue weighted by Crippen LogP contribution is 2.13. The molecule has 0 amide bonds. The van der Waals surface area contributed by atoms with Gasteiger partial charge in [0.05, 0.1) is 13.2 Å². The van der Waals surface area contributed by atoms with Crippen LogP contribution in [-0.4, -0.2) is 13.2 Å². The summed E-state index contributed by atoms with van der Waals surface area (Å²) >= 11 is 0.